The second kappa shape index (κ2) is 6.98. The van der Waals surface area contributed by atoms with Gasteiger partial charge >= 0.3 is 0 Å². The van der Waals surface area contributed by atoms with Gasteiger partial charge in [-0.3, -0.25) is 9.78 Å². The SMILES string of the molecule is O=C(c1cccc(Cl)c1)N1CC2(CC(OCc3cccnc3)CS2)C1. The molecule has 25 heavy (non-hydrogen) atoms. The largest absolute Gasteiger partial charge is 0.373 e. The minimum atomic E-state index is 0.0634. The second-order valence-corrected chi connectivity index (χ2v) is 8.59. The van der Waals surface area contributed by atoms with E-state index in [1.54, 1.807) is 18.3 Å². The maximum Gasteiger partial charge on any atom is 0.254 e. The molecule has 6 heteroatoms. The number of thioether (sulfide) groups is 1. The van der Waals surface area contributed by atoms with Gasteiger partial charge in [0.05, 0.1) is 17.5 Å². The highest BCUT2D eigenvalue weighted by molar-refractivity contribution is 8.01. The number of pyridine rings is 1. The Morgan fingerprint density at radius 3 is 3.00 bits per heavy atom. The minimum absolute atomic E-state index is 0.0634. The van der Waals surface area contributed by atoms with Gasteiger partial charge in [-0.15, -0.1) is 11.8 Å². The maximum atomic E-state index is 12.5. The van der Waals surface area contributed by atoms with Gasteiger partial charge in [0.2, 0.25) is 0 Å². The summed E-state index contributed by atoms with van der Waals surface area (Å²) in [5.41, 5.74) is 1.76. The number of benzene rings is 1. The number of hydrogen-bond acceptors (Lipinski definition) is 4. The molecule has 4 nitrogen and oxygen atoms in total. The van der Waals surface area contributed by atoms with Crippen LogP contribution in [0.4, 0.5) is 0 Å². The molecule has 0 bridgehead atoms. The van der Waals surface area contributed by atoms with Crippen molar-refractivity contribution in [1.29, 1.82) is 0 Å². The lowest BCUT2D eigenvalue weighted by Crippen LogP contribution is -2.60. The summed E-state index contributed by atoms with van der Waals surface area (Å²) in [7, 11) is 0. The standard InChI is InChI=1S/C19H19ClN2O2S/c20-16-5-1-4-15(7-16)18(23)22-12-19(13-22)8-17(11-25-19)24-10-14-3-2-6-21-9-14/h1-7,9,17H,8,10-13H2. The average Bonchev–Trinajstić information content (AvgIpc) is 3.04. The lowest BCUT2D eigenvalue weighted by molar-refractivity contribution is 0.0254. The Bertz CT molecular complexity index is 765. The van der Waals surface area contributed by atoms with Crippen LogP contribution in [0.25, 0.3) is 0 Å². The van der Waals surface area contributed by atoms with E-state index < -0.39 is 0 Å². The van der Waals surface area contributed by atoms with Crippen LogP contribution >= 0.6 is 23.4 Å². The lowest BCUT2D eigenvalue weighted by Gasteiger charge is -2.47. The van der Waals surface area contributed by atoms with Crippen LogP contribution in [-0.2, 0) is 11.3 Å². The van der Waals surface area contributed by atoms with Gasteiger partial charge < -0.3 is 9.64 Å². The van der Waals surface area contributed by atoms with Crippen molar-refractivity contribution >= 4 is 29.3 Å². The lowest BCUT2D eigenvalue weighted by atomic mass is 9.92. The zero-order valence-electron chi connectivity index (χ0n) is 13.7. The van der Waals surface area contributed by atoms with Crippen LogP contribution in [0.1, 0.15) is 22.3 Å². The number of carbonyl (C=O) groups is 1. The Balaban J connectivity index is 1.29. The Kier molecular flexibility index (Phi) is 4.71. The Labute approximate surface area is 156 Å². The van der Waals surface area contributed by atoms with E-state index in [4.69, 9.17) is 16.3 Å². The maximum absolute atomic E-state index is 12.5. The zero-order chi connectivity index (χ0) is 17.3. The summed E-state index contributed by atoms with van der Waals surface area (Å²) >= 11 is 7.92. The van der Waals surface area contributed by atoms with Gasteiger partial charge in [0.25, 0.3) is 5.91 Å². The molecule has 0 radical (unpaired) electrons. The van der Waals surface area contributed by atoms with Crippen molar-refractivity contribution in [2.24, 2.45) is 0 Å². The van der Waals surface area contributed by atoms with Crippen molar-refractivity contribution in [3.63, 3.8) is 0 Å². The molecule has 1 unspecified atom stereocenters. The van der Waals surface area contributed by atoms with Crippen LogP contribution in [0, 0.1) is 0 Å². The molecule has 2 saturated heterocycles. The molecule has 1 amide bonds. The zero-order valence-corrected chi connectivity index (χ0v) is 15.3. The van der Waals surface area contributed by atoms with E-state index in [0.717, 1.165) is 30.8 Å². The summed E-state index contributed by atoms with van der Waals surface area (Å²) < 4.78 is 6.20. The normalized spacial score (nSPS) is 21.3. The molecule has 1 aromatic heterocycles. The van der Waals surface area contributed by atoms with E-state index in [9.17, 15) is 4.79 Å². The number of likely N-dealkylation sites (tertiary alicyclic amines) is 1. The summed E-state index contributed by atoms with van der Waals surface area (Å²) in [5, 5.41) is 0.597. The third-order valence-corrected chi connectivity index (χ3v) is 6.51. The fraction of sp³-hybridized carbons (Fsp3) is 0.368. The van der Waals surface area contributed by atoms with E-state index in [1.165, 1.54) is 0 Å². The first-order valence-electron chi connectivity index (χ1n) is 8.33. The molecular formula is C19H19ClN2O2S. The highest BCUT2D eigenvalue weighted by Gasteiger charge is 2.50. The third kappa shape index (κ3) is 3.68. The Morgan fingerprint density at radius 1 is 1.36 bits per heavy atom. The highest BCUT2D eigenvalue weighted by atomic mass is 35.5. The molecule has 2 aliphatic heterocycles. The molecule has 2 fully saturated rings. The molecule has 0 saturated carbocycles. The van der Waals surface area contributed by atoms with Gasteiger partial charge in [-0.25, -0.2) is 0 Å². The molecular weight excluding hydrogens is 356 g/mol. The highest BCUT2D eigenvalue weighted by Crippen LogP contribution is 2.46. The van der Waals surface area contributed by atoms with E-state index in [2.05, 4.69) is 4.98 Å². The number of halogens is 1. The van der Waals surface area contributed by atoms with Crippen LogP contribution < -0.4 is 0 Å². The predicted molar refractivity (Wildman–Crippen MR) is 100.0 cm³/mol. The van der Waals surface area contributed by atoms with Crippen LogP contribution in [0.15, 0.2) is 48.8 Å². The molecule has 1 atom stereocenters. The summed E-state index contributed by atoms with van der Waals surface area (Å²) in [6.45, 7) is 2.17. The smallest absolute Gasteiger partial charge is 0.254 e. The quantitative estimate of drug-likeness (QED) is 0.819. The molecule has 2 aromatic rings. The van der Waals surface area contributed by atoms with Gasteiger partial charge in [-0.05, 0) is 36.2 Å². The molecule has 3 heterocycles. The fourth-order valence-electron chi connectivity index (χ4n) is 3.42. The monoisotopic (exact) mass is 374 g/mol. The fourth-order valence-corrected chi connectivity index (χ4v) is 5.17. The molecule has 0 aliphatic carbocycles. The second-order valence-electron chi connectivity index (χ2n) is 6.66. The summed E-state index contributed by atoms with van der Waals surface area (Å²) in [6.07, 6.45) is 4.85. The predicted octanol–water partition coefficient (Wildman–Crippen LogP) is 3.65. The number of ether oxygens (including phenoxy) is 1. The number of nitrogens with zero attached hydrogens (tertiary/aromatic N) is 2. The van der Waals surface area contributed by atoms with Gasteiger partial charge in [0.1, 0.15) is 0 Å². The molecule has 130 valence electrons. The van der Waals surface area contributed by atoms with E-state index in [1.807, 2.05) is 47.1 Å². The Hall–Kier alpha value is -1.56. The first-order chi connectivity index (χ1) is 12.1. The topological polar surface area (TPSA) is 42.4 Å². The van der Waals surface area contributed by atoms with Gasteiger partial charge in [-0.2, -0.15) is 0 Å². The first-order valence-corrected chi connectivity index (χ1v) is 9.69. The molecule has 1 spiro atoms. The van der Waals surface area contributed by atoms with Crippen LogP contribution in [0.2, 0.25) is 5.02 Å². The van der Waals surface area contributed by atoms with Crippen molar-refractivity contribution < 1.29 is 9.53 Å². The van der Waals surface area contributed by atoms with Gasteiger partial charge in [0.15, 0.2) is 0 Å². The molecule has 1 aromatic carbocycles. The van der Waals surface area contributed by atoms with Crippen LogP contribution in [0.5, 0.6) is 0 Å². The summed E-state index contributed by atoms with van der Waals surface area (Å²) in [5.74, 6) is 1.05. The van der Waals surface area contributed by atoms with Crippen LogP contribution in [-0.4, -0.2) is 45.5 Å². The van der Waals surface area contributed by atoms with Gasteiger partial charge in [-0.1, -0.05) is 23.7 Å². The van der Waals surface area contributed by atoms with E-state index in [0.29, 0.717) is 17.2 Å². The van der Waals surface area contributed by atoms with Gasteiger partial charge in [0, 0.05) is 41.8 Å². The number of rotatable bonds is 4. The Morgan fingerprint density at radius 2 is 2.24 bits per heavy atom. The summed E-state index contributed by atoms with van der Waals surface area (Å²) in [4.78, 5) is 18.5. The van der Waals surface area contributed by atoms with E-state index >= 15 is 0 Å². The minimum Gasteiger partial charge on any atom is -0.373 e. The van der Waals surface area contributed by atoms with Crippen molar-refractivity contribution in [3.8, 4) is 0 Å². The van der Waals surface area contributed by atoms with Crippen molar-refractivity contribution in [2.45, 2.75) is 23.9 Å². The molecule has 2 aliphatic rings. The van der Waals surface area contributed by atoms with Crippen molar-refractivity contribution in [2.75, 3.05) is 18.8 Å². The number of carbonyl (C=O) groups excluding carboxylic acids is 1. The van der Waals surface area contributed by atoms with Crippen LogP contribution in [0.3, 0.4) is 0 Å². The summed E-state index contributed by atoms with van der Waals surface area (Å²) in [6, 6.07) is 11.1. The third-order valence-electron chi connectivity index (χ3n) is 4.70. The molecule has 0 N–H and O–H groups in total. The van der Waals surface area contributed by atoms with Crippen molar-refractivity contribution in [1.82, 2.24) is 9.88 Å². The number of hydrogen-bond donors (Lipinski definition) is 0. The molecule has 4 rings (SSSR count). The average molecular weight is 375 g/mol. The first kappa shape index (κ1) is 16.9. The van der Waals surface area contributed by atoms with Crippen molar-refractivity contribution in [3.05, 3.63) is 64.9 Å². The number of amides is 1. The van der Waals surface area contributed by atoms with E-state index in [-0.39, 0.29) is 16.8 Å². The number of aromatic nitrogens is 1.